The second-order valence-electron chi connectivity index (χ2n) is 5.87. The van der Waals surface area contributed by atoms with E-state index in [0.29, 0.717) is 6.54 Å². The Labute approximate surface area is 144 Å². The first-order chi connectivity index (χ1) is 11.6. The summed E-state index contributed by atoms with van der Waals surface area (Å²) in [4.78, 5) is 4.64. The Bertz CT molecular complexity index is 676. The van der Waals surface area contributed by atoms with E-state index in [-0.39, 0.29) is 0 Å². The number of hydrogen-bond acceptors (Lipinski definition) is 2. The lowest BCUT2D eigenvalue weighted by Gasteiger charge is -2.13. The summed E-state index contributed by atoms with van der Waals surface area (Å²) in [5.74, 6) is 1.78. The molecule has 0 aliphatic rings. The lowest BCUT2D eigenvalue weighted by Crippen LogP contribution is -2.38. The van der Waals surface area contributed by atoms with E-state index in [1.54, 1.807) is 7.11 Å². The number of guanidine groups is 1. The monoisotopic (exact) mass is 328 g/mol. The van der Waals surface area contributed by atoms with Gasteiger partial charge in [-0.2, -0.15) is 0 Å². The Morgan fingerprint density at radius 2 is 2.08 bits per heavy atom. The van der Waals surface area contributed by atoms with Crippen molar-refractivity contribution in [3.63, 3.8) is 0 Å². The Kier molecular flexibility index (Phi) is 6.73. The first kappa shape index (κ1) is 17.9. The van der Waals surface area contributed by atoms with Gasteiger partial charge >= 0.3 is 0 Å². The molecular weight excluding hydrogens is 300 g/mol. The van der Waals surface area contributed by atoms with E-state index < -0.39 is 0 Å². The zero-order valence-corrected chi connectivity index (χ0v) is 15.1. The zero-order valence-electron chi connectivity index (χ0n) is 15.1. The average Bonchev–Trinajstić information content (AvgIpc) is 2.98. The van der Waals surface area contributed by atoms with E-state index >= 15 is 0 Å². The summed E-state index contributed by atoms with van der Waals surface area (Å²) in [6, 6.07) is 8.36. The van der Waals surface area contributed by atoms with Crippen molar-refractivity contribution in [2.75, 3.05) is 20.2 Å². The van der Waals surface area contributed by atoms with Gasteiger partial charge in [0.15, 0.2) is 5.96 Å². The van der Waals surface area contributed by atoms with Crippen LogP contribution in [0.15, 0.2) is 41.7 Å². The normalized spacial score (nSPS) is 11.4. The number of nitrogens with zero attached hydrogens (tertiary/aromatic N) is 2. The molecule has 0 aliphatic carbocycles. The molecule has 0 amide bonds. The SMILES string of the molecule is CCNC(=NCc1ccn(C)c1)NCCc1cc(C)ccc1OC. The maximum absolute atomic E-state index is 5.44. The summed E-state index contributed by atoms with van der Waals surface area (Å²) in [6.07, 6.45) is 5.01. The summed E-state index contributed by atoms with van der Waals surface area (Å²) in [7, 11) is 3.74. The molecule has 1 aromatic heterocycles. The number of rotatable bonds is 7. The van der Waals surface area contributed by atoms with E-state index in [9.17, 15) is 0 Å². The number of benzene rings is 1. The Morgan fingerprint density at radius 3 is 2.75 bits per heavy atom. The van der Waals surface area contributed by atoms with Gasteiger partial charge in [0.25, 0.3) is 0 Å². The minimum atomic E-state index is 0.671. The Hall–Kier alpha value is -2.43. The second kappa shape index (κ2) is 9.01. The van der Waals surface area contributed by atoms with Gasteiger partial charge in [-0.15, -0.1) is 0 Å². The van der Waals surface area contributed by atoms with Gasteiger partial charge < -0.3 is 19.9 Å². The van der Waals surface area contributed by atoms with Crippen LogP contribution in [0.2, 0.25) is 0 Å². The highest BCUT2D eigenvalue weighted by Crippen LogP contribution is 2.19. The van der Waals surface area contributed by atoms with Crippen LogP contribution in [-0.2, 0) is 20.0 Å². The van der Waals surface area contributed by atoms with Gasteiger partial charge in [0.05, 0.1) is 13.7 Å². The number of aliphatic imine (C=N–C) groups is 1. The molecule has 5 heteroatoms. The molecule has 0 radical (unpaired) electrons. The molecule has 24 heavy (non-hydrogen) atoms. The Morgan fingerprint density at radius 1 is 1.25 bits per heavy atom. The minimum Gasteiger partial charge on any atom is -0.496 e. The van der Waals surface area contributed by atoms with Crippen LogP contribution in [0.1, 0.15) is 23.6 Å². The summed E-state index contributed by atoms with van der Waals surface area (Å²) in [5.41, 5.74) is 3.66. The van der Waals surface area contributed by atoms with Crippen molar-refractivity contribution in [3.05, 3.63) is 53.3 Å². The molecule has 130 valence electrons. The standard InChI is InChI=1S/C19H28N4O/c1-5-20-19(22-13-16-9-11-23(3)14-16)21-10-8-17-12-15(2)6-7-18(17)24-4/h6-7,9,11-12,14H,5,8,10,13H2,1-4H3,(H2,20,21,22). The summed E-state index contributed by atoms with van der Waals surface area (Å²) in [5, 5.41) is 6.68. The quantitative estimate of drug-likeness (QED) is 0.607. The van der Waals surface area contributed by atoms with E-state index in [1.165, 1.54) is 16.7 Å². The lowest BCUT2D eigenvalue weighted by atomic mass is 10.1. The molecule has 0 aliphatic heterocycles. The van der Waals surface area contributed by atoms with Gasteiger partial charge in [-0.1, -0.05) is 17.7 Å². The predicted octanol–water partition coefficient (Wildman–Crippen LogP) is 2.64. The van der Waals surface area contributed by atoms with Crippen molar-refractivity contribution >= 4 is 5.96 Å². The van der Waals surface area contributed by atoms with Crippen LogP contribution in [-0.4, -0.2) is 30.7 Å². The molecule has 1 aromatic carbocycles. The fourth-order valence-corrected chi connectivity index (χ4v) is 2.58. The molecular formula is C19H28N4O. The fourth-order valence-electron chi connectivity index (χ4n) is 2.58. The molecule has 0 saturated heterocycles. The topological polar surface area (TPSA) is 50.6 Å². The highest BCUT2D eigenvalue weighted by atomic mass is 16.5. The molecule has 0 spiro atoms. The van der Waals surface area contributed by atoms with Crippen LogP contribution in [0, 0.1) is 6.92 Å². The van der Waals surface area contributed by atoms with Crippen LogP contribution in [0.4, 0.5) is 0 Å². The van der Waals surface area contributed by atoms with Gasteiger partial charge in [0.1, 0.15) is 5.75 Å². The van der Waals surface area contributed by atoms with Crippen molar-refractivity contribution < 1.29 is 4.74 Å². The number of aromatic nitrogens is 1. The molecule has 0 atom stereocenters. The van der Waals surface area contributed by atoms with Gasteiger partial charge in [0, 0.05) is 32.5 Å². The van der Waals surface area contributed by atoms with E-state index in [1.807, 2.05) is 23.9 Å². The van der Waals surface area contributed by atoms with Crippen LogP contribution >= 0.6 is 0 Å². The molecule has 0 saturated carbocycles. The summed E-state index contributed by atoms with van der Waals surface area (Å²) >= 11 is 0. The highest BCUT2D eigenvalue weighted by molar-refractivity contribution is 5.79. The maximum atomic E-state index is 5.44. The van der Waals surface area contributed by atoms with Crippen LogP contribution in [0.3, 0.4) is 0 Å². The highest BCUT2D eigenvalue weighted by Gasteiger charge is 2.04. The third kappa shape index (κ3) is 5.33. The molecule has 0 bridgehead atoms. The third-order valence-corrected chi connectivity index (χ3v) is 3.78. The maximum Gasteiger partial charge on any atom is 0.191 e. The molecule has 2 N–H and O–H groups in total. The molecule has 5 nitrogen and oxygen atoms in total. The Balaban J connectivity index is 1.92. The third-order valence-electron chi connectivity index (χ3n) is 3.78. The predicted molar refractivity (Wildman–Crippen MR) is 99.7 cm³/mol. The van der Waals surface area contributed by atoms with Crippen molar-refractivity contribution in [1.29, 1.82) is 0 Å². The van der Waals surface area contributed by atoms with E-state index in [4.69, 9.17) is 4.74 Å². The number of ether oxygens (including phenoxy) is 1. The van der Waals surface area contributed by atoms with Crippen molar-refractivity contribution in [2.24, 2.45) is 12.0 Å². The van der Waals surface area contributed by atoms with Crippen LogP contribution < -0.4 is 15.4 Å². The lowest BCUT2D eigenvalue weighted by molar-refractivity contribution is 0.409. The largest absolute Gasteiger partial charge is 0.496 e. The summed E-state index contributed by atoms with van der Waals surface area (Å²) < 4.78 is 7.47. The number of methoxy groups -OCH3 is 1. The minimum absolute atomic E-state index is 0.671. The van der Waals surface area contributed by atoms with Gasteiger partial charge in [-0.3, -0.25) is 0 Å². The first-order valence-electron chi connectivity index (χ1n) is 8.39. The molecule has 0 fully saturated rings. The molecule has 1 heterocycles. The van der Waals surface area contributed by atoms with Crippen LogP contribution in [0.5, 0.6) is 5.75 Å². The summed E-state index contributed by atoms with van der Waals surface area (Å²) in [6.45, 7) is 6.49. The van der Waals surface area contributed by atoms with Gasteiger partial charge in [0.2, 0.25) is 0 Å². The zero-order chi connectivity index (χ0) is 17.4. The second-order valence-corrected chi connectivity index (χ2v) is 5.87. The van der Waals surface area contributed by atoms with Crippen molar-refractivity contribution in [3.8, 4) is 5.75 Å². The van der Waals surface area contributed by atoms with E-state index in [2.05, 4.69) is 53.9 Å². The number of nitrogens with one attached hydrogen (secondary N) is 2. The number of hydrogen-bond donors (Lipinski definition) is 2. The first-order valence-corrected chi connectivity index (χ1v) is 8.39. The van der Waals surface area contributed by atoms with Gasteiger partial charge in [-0.05, 0) is 43.5 Å². The van der Waals surface area contributed by atoms with Crippen LogP contribution in [0.25, 0.3) is 0 Å². The smallest absolute Gasteiger partial charge is 0.191 e. The molecule has 2 rings (SSSR count). The van der Waals surface area contributed by atoms with Crippen molar-refractivity contribution in [2.45, 2.75) is 26.8 Å². The van der Waals surface area contributed by atoms with Crippen molar-refractivity contribution in [1.82, 2.24) is 15.2 Å². The molecule has 2 aromatic rings. The average molecular weight is 328 g/mol. The van der Waals surface area contributed by atoms with E-state index in [0.717, 1.165) is 31.2 Å². The molecule has 0 unspecified atom stereocenters. The van der Waals surface area contributed by atoms with Gasteiger partial charge in [-0.25, -0.2) is 4.99 Å². The fraction of sp³-hybridized carbons (Fsp3) is 0.421. The number of aryl methyl sites for hydroxylation is 2.